The summed E-state index contributed by atoms with van der Waals surface area (Å²) in [4.78, 5) is 13.4. The van der Waals surface area contributed by atoms with E-state index in [0.717, 1.165) is 0 Å². The number of hydrogen-bond donors (Lipinski definition) is 1. The maximum atomic E-state index is 13.4. The van der Waals surface area contributed by atoms with Crippen LogP contribution in [-0.2, 0) is 11.3 Å². The third-order valence-electron chi connectivity index (χ3n) is 3.07. The van der Waals surface area contributed by atoms with E-state index < -0.39 is 5.60 Å². The van der Waals surface area contributed by atoms with Crippen LogP contribution in [0.1, 0.15) is 26.3 Å². The van der Waals surface area contributed by atoms with Crippen LogP contribution in [0.25, 0.3) is 0 Å². The van der Waals surface area contributed by atoms with Gasteiger partial charge >= 0.3 is 6.09 Å². The standard InChI is InChI=1S/C15H21FN2O2/c1-15(2,3)20-14(19)18-9-12(10-18)17-8-11-6-4-5-7-13(11)16/h4-7,12,17H,8-10H2,1-3H3. The molecule has 1 aromatic rings. The summed E-state index contributed by atoms with van der Waals surface area (Å²) < 4.78 is 18.7. The van der Waals surface area contributed by atoms with Crippen LogP contribution in [0.2, 0.25) is 0 Å². The Balaban J connectivity index is 1.72. The summed E-state index contributed by atoms with van der Waals surface area (Å²) >= 11 is 0. The van der Waals surface area contributed by atoms with Crippen molar-refractivity contribution < 1.29 is 13.9 Å². The van der Waals surface area contributed by atoms with Crippen LogP contribution in [0, 0.1) is 5.82 Å². The molecule has 0 bridgehead atoms. The fourth-order valence-electron chi connectivity index (χ4n) is 1.98. The van der Waals surface area contributed by atoms with Crippen molar-refractivity contribution in [2.45, 2.75) is 39.0 Å². The lowest BCUT2D eigenvalue weighted by atomic mass is 10.1. The Morgan fingerprint density at radius 2 is 2.05 bits per heavy atom. The van der Waals surface area contributed by atoms with Crippen molar-refractivity contribution in [3.05, 3.63) is 35.6 Å². The minimum Gasteiger partial charge on any atom is -0.444 e. The van der Waals surface area contributed by atoms with Crippen LogP contribution in [0.15, 0.2) is 24.3 Å². The third kappa shape index (κ3) is 3.93. The van der Waals surface area contributed by atoms with E-state index in [1.807, 2.05) is 26.8 Å². The van der Waals surface area contributed by atoms with Crippen LogP contribution in [0.3, 0.4) is 0 Å². The van der Waals surface area contributed by atoms with E-state index in [2.05, 4.69) is 5.32 Å². The molecule has 0 unspecified atom stereocenters. The topological polar surface area (TPSA) is 41.6 Å². The summed E-state index contributed by atoms with van der Waals surface area (Å²) in [6.07, 6.45) is -0.290. The molecule has 1 aliphatic heterocycles. The van der Waals surface area contributed by atoms with Crippen LogP contribution >= 0.6 is 0 Å². The second-order valence-electron chi connectivity index (χ2n) is 6.05. The van der Waals surface area contributed by atoms with Crippen LogP contribution in [-0.4, -0.2) is 35.7 Å². The van der Waals surface area contributed by atoms with Crippen molar-refractivity contribution in [3.8, 4) is 0 Å². The van der Waals surface area contributed by atoms with Gasteiger partial charge in [0.25, 0.3) is 0 Å². The number of carbonyl (C=O) groups is 1. The summed E-state index contributed by atoms with van der Waals surface area (Å²) in [5.74, 6) is -0.205. The van der Waals surface area contributed by atoms with Crippen LogP contribution in [0.5, 0.6) is 0 Å². The van der Waals surface area contributed by atoms with Gasteiger partial charge in [0.05, 0.1) is 0 Å². The molecule has 20 heavy (non-hydrogen) atoms. The molecule has 5 heteroatoms. The van der Waals surface area contributed by atoms with Crippen molar-refractivity contribution in [1.82, 2.24) is 10.2 Å². The maximum Gasteiger partial charge on any atom is 0.410 e. The van der Waals surface area contributed by atoms with Gasteiger partial charge in [-0.2, -0.15) is 0 Å². The molecular weight excluding hydrogens is 259 g/mol. The van der Waals surface area contributed by atoms with Gasteiger partial charge in [-0.1, -0.05) is 18.2 Å². The number of nitrogens with zero attached hydrogens (tertiary/aromatic N) is 1. The fourth-order valence-corrected chi connectivity index (χ4v) is 1.98. The zero-order valence-corrected chi connectivity index (χ0v) is 12.1. The Labute approximate surface area is 118 Å². The van der Waals surface area contributed by atoms with Gasteiger partial charge in [-0.3, -0.25) is 0 Å². The number of amides is 1. The molecular formula is C15H21FN2O2. The molecule has 1 aliphatic rings. The van der Waals surface area contributed by atoms with Gasteiger partial charge in [0, 0.05) is 31.2 Å². The molecule has 1 fully saturated rings. The highest BCUT2D eigenvalue weighted by molar-refractivity contribution is 5.69. The molecule has 1 N–H and O–H groups in total. The smallest absolute Gasteiger partial charge is 0.410 e. The van der Waals surface area contributed by atoms with Gasteiger partial charge in [0.1, 0.15) is 11.4 Å². The summed E-state index contributed by atoms with van der Waals surface area (Å²) in [5.41, 5.74) is 0.172. The average Bonchev–Trinajstić information content (AvgIpc) is 2.26. The lowest BCUT2D eigenvalue weighted by molar-refractivity contribution is 0.00516. The van der Waals surface area contributed by atoms with Gasteiger partial charge in [-0.25, -0.2) is 9.18 Å². The number of benzene rings is 1. The molecule has 1 saturated heterocycles. The zero-order chi connectivity index (χ0) is 14.8. The Morgan fingerprint density at radius 1 is 1.40 bits per heavy atom. The Morgan fingerprint density at radius 3 is 2.65 bits per heavy atom. The third-order valence-corrected chi connectivity index (χ3v) is 3.07. The summed E-state index contributed by atoms with van der Waals surface area (Å²) in [6, 6.07) is 6.89. The molecule has 0 radical (unpaired) electrons. The number of rotatable bonds is 3. The first-order chi connectivity index (χ1) is 9.35. The van der Waals surface area contributed by atoms with E-state index in [0.29, 0.717) is 25.2 Å². The van der Waals surface area contributed by atoms with Crippen molar-refractivity contribution in [2.75, 3.05) is 13.1 Å². The van der Waals surface area contributed by atoms with Crippen molar-refractivity contribution >= 4 is 6.09 Å². The lowest BCUT2D eigenvalue weighted by Gasteiger charge is -2.40. The molecule has 4 nitrogen and oxygen atoms in total. The first kappa shape index (κ1) is 14.8. The molecule has 1 heterocycles. The molecule has 0 atom stereocenters. The number of nitrogens with one attached hydrogen (secondary N) is 1. The quantitative estimate of drug-likeness (QED) is 0.925. The highest BCUT2D eigenvalue weighted by Gasteiger charge is 2.33. The molecule has 1 amide bonds. The summed E-state index contributed by atoms with van der Waals surface area (Å²) in [6.45, 7) is 7.21. The van der Waals surface area contributed by atoms with E-state index in [4.69, 9.17) is 4.74 Å². The monoisotopic (exact) mass is 280 g/mol. The Hall–Kier alpha value is -1.62. The number of hydrogen-bond acceptors (Lipinski definition) is 3. The van der Waals surface area contributed by atoms with Gasteiger partial charge in [-0.05, 0) is 26.8 Å². The molecule has 1 aromatic carbocycles. The van der Waals surface area contributed by atoms with E-state index in [1.54, 1.807) is 17.0 Å². The van der Waals surface area contributed by atoms with Crippen molar-refractivity contribution in [1.29, 1.82) is 0 Å². The Bertz CT molecular complexity index is 479. The maximum absolute atomic E-state index is 13.4. The van der Waals surface area contributed by atoms with E-state index in [1.165, 1.54) is 6.07 Å². The number of carbonyl (C=O) groups excluding carboxylic acids is 1. The predicted molar refractivity (Wildman–Crippen MR) is 74.8 cm³/mol. The molecule has 0 aliphatic carbocycles. The number of ether oxygens (including phenoxy) is 1. The molecule has 2 rings (SSSR count). The molecule has 0 saturated carbocycles. The van der Waals surface area contributed by atoms with Gasteiger partial charge in [-0.15, -0.1) is 0 Å². The Kier molecular flexibility index (Phi) is 4.28. The first-order valence-electron chi connectivity index (χ1n) is 6.80. The normalized spacial score (nSPS) is 15.9. The predicted octanol–water partition coefficient (Wildman–Crippen LogP) is 2.53. The van der Waals surface area contributed by atoms with Crippen molar-refractivity contribution in [2.24, 2.45) is 0 Å². The number of halogens is 1. The van der Waals surface area contributed by atoms with E-state index in [-0.39, 0.29) is 18.0 Å². The summed E-state index contributed by atoms with van der Waals surface area (Å²) in [5, 5.41) is 3.23. The van der Waals surface area contributed by atoms with Crippen molar-refractivity contribution in [3.63, 3.8) is 0 Å². The second-order valence-corrected chi connectivity index (χ2v) is 6.05. The molecule has 110 valence electrons. The van der Waals surface area contributed by atoms with E-state index >= 15 is 0 Å². The first-order valence-corrected chi connectivity index (χ1v) is 6.80. The van der Waals surface area contributed by atoms with Gasteiger partial charge in [0.15, 0.2) is 0 Å². The highest BCUT2D eigenvalue weighted by atomic mass is 19.1. The molecule has 0 aromatic heterocycles. The lowest BCUT2D eigenvalue weighted by Crippen LogP contribution is -2.60. The average molecular weight is 280 g/mol. The molecule has 0 spiro atoms. The van der Waals surface area contributed by atoms with Crippen LogP contribution < -0.4 is 5.32 Å². The SMILES string of the molecule is CC(C)(C)OC(=O)N1CC(NCc2ccccc2F)C1. The van der Waals surface area contributed by atoms with Gasteiger partial charge < -0.3 is 15.0 Å². The highest BCUT2D eigenvalue weighted by Crippen LogP contribution is 2.16. The minimum absolute atomic E-state index is 0.196. The zero-order valence-electron chi connectivity index (χ0n) is 12.1. The summed E-state index contributed by atoms with van der Waals surface area (Å²) in [7, 11) is 0. The van der Waals surface area contributed by atoms with Crippen LogP contribution in [0.4, 0.5) is 9.18 Å². The van der Waals surface area contributed by atoms with Gasteiger partial charge in [0.2, 0.25) is 0 Å². The minimum atomic E-state index is -0.469. The largest absolute Gasteiger partial charge is 0.444 e. The van der Waals surface area contributed by atoms with E-state index in [9.17, 15) is 9.18 Å². The fraction of sp³-hybridized carbons (Fsp3) is 0.533. The second kappa shape index (κ2) is 5.79. The number of likely N-dealkylation sites (tertiary alicyclic amines) is 1.